The number of carbonyl (C=O) groups is 1. The smallest absolute Gasteiger partial charge is 0.303 e. The normalized spacial score (nSPS) is 21.8. The van der Waals surface area contributed by atoms with Crippen molar-refractivity contribution in [3.8, 4) is 0 Å². The first kappa shape index (κ1) is 10.3. The van der Waals surface area contributed by atoms with Crippen LogP contribution in [0.25, 0.3) is 0 Å². The van der Waals surface area contributed by atoms with Gasteiger partial charge in [0, 0.05) is 12.8 Å². The molecule has 0 amide bonds. The zero-order chi connectivity index (χ0) is 8.97. The first-order valence-electron chi connectivity index (χ1n) is 4.51. The average Bonchev–Trinajstić information content (AvgIpc) is 2.05. The third kappa shape index (κ3) is 3.29. The topological polar surface area (TPSA) is 26.3 Å². The maximum absolute atomic E-state index is 10.7. The van der Waals surface area contributed by atoms with Crippen molar-refractivity contribution in [1.29, 1.82) is 0 Å². The van der Waals surface area contributed by atoms with E-state index in [4.69, 9.17) is 4.74 Å². The lowest BCUT2D eigenvalue weighted by molar-refractivity contribution is -0.143. The maximum Gasteiger partial charge on any atom is 0.303 e. The Morgan fingerprint density at radius 3 is 2.50 bits per heavy atom. The van der Waals surface area contributed by atoms with Crippen molar-refractivity contribution in [3.05, 3.63) is 0 Å². The number of esters is 1. The lowest BCUT2D eigenvalue weighted by atomic mass is 9.90. The summed E-state index contributed by atoms with van der Waals surface area (Å²) in [4.78, 5) is 10.7. The minimum absolute atomic E-state index is 0.0976. The van der Waals surface area contributed by atoms with E-state index in [1.54, 1.807) is 0 Å². The number of hydrogen-bond donors (Lipinski definition) is 0. The van der Waals surface area contributed by atoms with Gasteiger partial charge >= 0.3 is 5.97 Å². The van der Waals surface area contributed by atoms with Crippen LogP contribution in [0.4, 0.5) is 0 Å². The number of alkyl halides is 1. The van der Waals surface area contributed by atoms with E-state index in [1.807, 2.05) is 0 Å². The van der Waals surface area contributed by atoms with Crippen molar-refractivity contribution in [1.82, 2.24) is 0 Å². The van der Waals surface area contributed by atoms with Crippen molar-refractivity contribution >= 4 is 28.6 Å². The third-order valence-corrected chi connectivity index (χ3v) is 3.57. The van der Waals surface area contributed by atoms with Crippen LogP contribution in [0.15, 0.2) is 0 Å². The molecule has 0 N–H and O–H groups in total. The highest BCUT2D eigenvalue weighted by molar-refractivity contribution is 14.1. The summed E-state index contributed by atoms with van der Waals surface area (Å²) >= 11 is 2.23. The van der Waals surface area contributed by atoms with Crippen LogP contribution >= 0.6 is 22.6 Å². The number of ether oxygens (including phenoxy) is 1. The van der Waals surface area contributed by atoms with E-state index in [9.17, 15) is 4.79 Å². The molecule has 0 aromatic carbocycles. The van der Waals surface area contributed by atoms with Gasteiger partial charge in [-0.1, -0.05) is 19.3 Å². The molecule has 1 saturated carbocycles. The zero-order valence-corrected chi connectivity index (χ0v) is 9.54. The fourth-order valence-electron chi connectivity index (χ4n) is 1.65. The summed E-state index contributed by atoms with van der Waals surface area (Å²) in [5, 5.41) is 0. The molecule has 1 fully saturated rings. The zero-order valence-electron chi connectivity index (χ0n) is 7.38. The lowest BCUT2D eigenvalue weighted by Gasteiger charge is -2.25. The largest absolute Gasteiger partial charge is 0.452 e. The van der Waals surface area contributed by atoms with E-state index in [2.05, 4.69) is 22.6 Å². The van der Waals surface area contributed by atoms with Gasteiger partial charge in [-0.05, 0) is 35.4 Å². The Morgan fingerprint density at radius 1 is 1.42 bits per heavy atom. The molecule has 3 heteroatoms. The highest BCUT2D eigenvalue weighted by atomic mass is 127. The quantitative estimate of drug-likeness (QED) is 0.442. The molecule has 1 atom stereocenters. The fourth-order valence-corrected chi connectivity index (χ4v) is 2.73. The monoisotopic (exact) mass is 282 g/mol. The second kappa shape index (κ2) is 5.04. The summed E-state index contributed by atoms with van der Waals surface area (Å²) in [7, 11) is 0. The van der Waals surface area contributed by atoms with Gasteiger partial charge in [0.15, 0.2) is 4.11 Å². The van der Waals surface area contributed by atoms with Gasteiger partial charge in [0.25, 0.3) is 0 Å². The van der Waals surface area contributed by atoms with Crippen LogP contribution in [0.2, 0.25) is 0 Å². The van der Waals surface area contributed by atoms with Gasteiger partial charge in [-0.25, -0.2) is 0 Å². The molecule has 0 aliphatic heterocycles. The van der Waals surface area contributed by atoms with Crippen LogP contribution in [-0.4, -0.2) is 10.1 Å². The molecule has 1 aliphatic rings. The fraction of sp³-hybridized carbons (Fsp3) is 0.889. The molecule has 0 aromatic rings. The first-order chi connectivity index (χ1) is 5.70. The SMILES string of the molecule is CC(=O)OC(I)C1CCCCC1. The average molecular weight is 282 g/mol. The van der Waals surface area contributed by atoms with Crippen LogP contribution in [0.1, 0.15) is 39.0 Å². The standard InChI is InChI=1S/C9H15IO2/c1-7(11)12-9(10)8-5-3-2-4-6-8/h8-9H,2-6H2,1H3. The molecule has 12 heavy (non-hydrogen) atoms. The predicted octanol–water partition coefficient (Wildman–Crippen LogP) is 2.89. The van der Waals surface area contributed by atoms with Gasteiger partial charge in [0.05, 0.1) is 0 Å². The number of halogens is 1. The van der Waals surface area contributed by atoms with E-state index in [0.717, 1.165) is 0 Å². The second-order valence-corrected chi connectivity index (χ2v) is 4.59. The van der Waals surface area contributed by atoms with Crippen molar-refractivity contribution in [3.63, 3.8) is 0 Å². The minimum atomic E-state index is -0.153. The van der Waals surface area contributed by atoms with E-state index in [0.29, 0.717) is 5.92 Å². The summed E-state index contributed by atoms with van der Waals surface area (Å²) in [6.07, 6.45) is 6.39. The molecule has 1 rings (SSSR count). The van der Waals surface area contributed by atoms with Crippen LogP contribution in [0.5, 0.6) is 0 Å². The molecule has 0 bridgehead atoms. The van der Waals surface area contributed by atoms with E-state index in [-0.39, 0.29) is 10.1 Å². The van der Waals surface area contributed by atoms with Crippen molar-refractivity contribution in [2.24, 2.45) is 5.92 Å². The second-order valence-electron chi connectivity index (χ2n) is 3.36. The molecule has 0 saturated heterocycles. The Labute approximate surface area is 87.2 Å². The number of hydrogen-bond acceptors (Lipinski definition) is 2. The van der Waals surface area contributed by atoms with Gasteiger partial charge in [-0.3, -0.25) is 4.79 Å². The van der Waals surface area contributed by atoms with Gasteiger partial charge in [-0.15, -0.1) is 0 Å². The Kier molecular flexibility index (Phi) is 4.32. The van der Waals surface area contributed by atoms with Crippen LogP contribution in [0.3, 0.4) is 0 Å². The Balaban J connectivity index is 2.29. The van der Waals surface area contributed by atoms with Gasteiger partial charge < -0.3 is 4.74 Å². The predicted molar refractivity (Wildman–Crippen MR) is 56.1 cm³/mol. The molecule has 0 spiro atoms. The van der Waals surface area contributed by atoms with Crippen LogP contribution in [0, 0.1) is 5.92 Å². The maximum atomic E-state index is 10.7. The molecule has 0 aromatic heterocycles. The molecule has 0 radical (unpaired) electrons. The van der Waals surface area contributed by atoms with Crippen molar-refractivity contribution < 1.29 is 9.53 Å². The van der Waals surface area contributed by atoms with E-state index in [1.165, 1.54) is 39.0 Å². The summed E-state index contributed by atoms with van der Waals surface area (Å²) in [6, 6.07) is 0. The molecule has 2 nitrogen and oxygen atoms in total. The molecule has 1 unspecified atom stereocenters. The van der Waals surface area contributed by atoms with E-state index >= 15 is 0 Å². The Morgan fingerprint density at radius 2 is 2.00 bits per heavy atom. The number of rotatable bonds is 2. The lowest BCUT2D eigenvalue weighted by Crippen LogP contribution is -2.22. The van der Waals surface area contributed by atoms with Gasteiger partial charge in [-0.2, -0.15) is 0 Å². The Hall–Kier alpha value is 0.200. The molecular formula is C9H15IO2. The van der Waals surface area contributed by atoms with E-state index < -0.39 is 0 Å². The summed E-state index contributed by atoms with van der Waals surface area (Å²) in [5.74, 6) is 0.447. The Bertz CT molecular complexity index is 153. The summed E-state index contributed by atoms with van der Waals surface area (Å²) < 4.78 is 5.24. The van der Waals surface area contributed by atoms with Gasteiger partial charge in [0.2, 0.25) is 0 Å². The number of carbonyl (C=O) groups excluding carboxylic acids is 1. The molecule has 70 valence electrons. The van der Waals surface area contributed by atoms with Crippen molar-refractivity contribution in [2.45, 2.75) is 43.1 Å². The third-order valence-electron chi connectivity index (χ3n) is 2.30. The summed E-state index contributed by atoms with van der Waals surface area (Å²) in [6.45, 7) is 1.48. The van der Waals surface area contributed by atoms with Crippen molar-refractivity contribution in [2.75, 3.05) is 0 Å². The van der Waals surface area contributed by atoms with Crippen LogP contribution in [-0.2, 0) is 9.53 Å². The van der Waals surface area contributed by atoms with Crippen LogP contribution < -0.4 is 0 Å². The first-order valence-corrected chi connectivity index (χ1v) is 5.76. The molecule has 1 aliphatic carbocycles. The minimum Gasteiger partial charge on any atom is -0.452 e. The summed E-state index contributed by atoms with van der Waals surface area (Å²) in [5.41, 5.74) is 0. The highest BCUT2D eigenvalue weighted by Crippen LogP contribution is 2.30. The molecular weight excluding hydrogens is 267 g/mol. The van der Waals surface area contributed by atoms with Gasteiger partial charge in [0.1, 0.15) is 0 Å². The molecule has 0 heterocycles. The highest BCUT2D eigenvalue weighted by Gasteiger charge is 2.23.